The van der Waals surface area contributed by atoms with Gasteiger partial charge in [0.2, 0.25) is 10.0 Å². The van der Waals surface area contributed by atoms with Crippen molar-refractivity contribution in [2.45, 2.75) is 18.1 Å². The summed E-state index contributed by atoms with van der Waals surface area (Å²) < 4.78 is 40.0. The third kappa shape index (κ3) is 2.93. The Labute approximate surface area is 111 Å². The van der Waals surface area contributed by atoms with Crippen LogP contribution in [0, 0.1) is 5.82 Å². The molecule has 1 atom stereocenters. The van der Waals surface area contributed by atoms with Crippen LogP contribution in [0.5, 0.6) is 0 Å². The molecule has 2 N–H and O–H groups in total. The molecule has 0 aliphatic carbocycles. The highest BCUT2D eigenvalue weighted by Crippen LogP contribution is 2.24. The summed E-state index contributed by atoms with van der Waals surface area (Å²) in [6.07, 6.45) is 1.37. The Hall–Kier alpha value is -0.850. The number of sulfonamides is 1. The lowest BCUT2D eigenvalue weighted by Crippen LogP contribution is -2.41. The largest absolute Gasteiger partial charge is 0.315 e. The van der Waals surface area contributed by atoms with Gasteiger partial charge in [0.05, 0.1) is 16.0 Å². The summed E-state index contributed by atoms with van der Waals surface area (Å²) in [6, 6.07) is 4.23. The highest BCUT2D eigenvalue weighted by atomic mass is 35.5. The standard InChI is InChI=1S/C11H14ClFN2O2S/c12-9-4-1-5-10(11(9)13)15-18(16,17)8-3-2-6-14-7-8/h1,4-5,8,14-15H,2-3,6-7H2. The fourth-order valence-corrected chi connectivity index (χ4v) is 3.52. The van der Waals surface area contributed by atoms with Crippen LogP contribution >= 0.6 is 11.6 Å². The van der Waals surface area contributed by atoms with E-state index in [9.17, 15) is 12.8 Å². The highest BCUT2D eigenvalue weighted by Gasteiger charge is 2.28. The van der Waals surface area contributed by atoms with Crippen LogP contribution in [-0.2, 0) is 10.0 Å². The maximum absolute atomic E-state index is 13.6. The van der Waals surface area contributed by atoms with Crippen LogP contribution < -0.4 is 10.0 Å². The number of hydrogen-bond acceptors (Lipinski definition) is 3. The smallest absolute Gasteiger partial charge is 0.236 e. The lowest BCUT2D eigenvalue weighted by Gasteiger charge is -2.23. The van der Waals surface area contributed by atoms with E-state index >= 15 is 0 Å². The van der Waals surface area contributed by atoms with Gasteiger partial charge in [-0.2, -0.15) is 0 Å². The van der Waals surface area contributed by atoms with Gasteiger partial charge in [-0.05, 0) is 31.5 Å². The van der Waals surface area contributed by atoms with Gasteiger partial charge in [0, 0.05) is 6.54 Å². The number of rotatable bonds is 3. The van der Waals surface area contributed by atoms with E-state index in [1.807, 2.05) is 0 Å². The molecular weight excluding hydrogens is 279 g/mol. The van der Waals surface area contributed by atoms with Crippen LogP contribution in [0.4, 0.5) is 10.1 Å². The van der Waals surface area contributed by atoms with Crippen LogP contribution in [0.15, 0.2) is 18.2 Å². The molecule has 2 rings (SSSR count). The second-order valence-electron chi connectivity index (χ2n) is 4.22. The minimum Gasteiger partial charge on any atom is -0.315 e. The molecule has 0 aromatic heterocycles. The molecule has 1 aliphatic rings. The maximum atomic E-state index is 13.6. The molecule has 0 saturated carbocycles. The Kier molecular flexibility index (Phi) is 4.09. The summed E-state index contributed by atoms with van der Waals surface area (Å²) in [4.78, 5) is 0. The van der Waals surface area contributed by atoms with Crippen LogP contribution in [0.25, 0.3) is 0 Å². The van der Waals surface area contributed by atoms with E-state index in [4.69, 9.17) is 11.6 Å². The molecule has 4 nitrogen and oxygen atoms in total. The van der Waals surface area contributed by atoms with Gasteiger partial charge >= 0.3 is 0 Å². The van der Waals surface area contributed by atoms with Crippen LogP contribution in [0.3, 0.4) is 0 Å². The zero-order valence-corrected chi connectivity index (χ0v) is 11.2. The molecular formula is C11H14ClFN2O2S. The molecule has 1 aromatic carbocycles. The van der Waals surface area contributed by atoms with Gasteiger partial charge in [-0.1, -0.05) is 17.7 Å². The molecule has 1 unspecified atom stereocenters. The van der Waals surface area contributed by atoms with Crippen LogP contribution in [0.1, 0.15) is 12.8 Å². The quantitative estimate of drug-likeness (QED) is 0.895. The first-order valence-corrected chi connectivity index (χ1v) is 7.59. The first kappa shape index (κ1) is 13.6. The van der Waals surface area contributed by atoms with Crippen molar-refractivity contribution in [2.24, 2.45) is 0 Å². The Morgan fingerprint density at radius 3 is 2.89 bits per heavy atom. The second-order valence-corrected chi connectivity index (χ2v) is 6.58. The van der Waals surface area contributed by atoms with Crippen molar-refractivity contribution in [3.05, 3.63) is 29.0 Å². The topological polar surface area (TPSA) is 58.2 Å². The van der Waals surface area contributed by atoms with E-state index in [1.54, 1.807) is 0 Å². The molecule has 1 saturated heterocycles. The molecule has 1 fully saturated rings. The third-order valence-corrected chi connectivity index (χ3v) is 4.97. The molecule has 1 aliphatic heterocycles. The van der Waals surface area contributed by atoms with Crippen molar-refractivity contribution in [3.8, 4) is 0 Å². The number of nitrogens with one attached hydrogen (secondary N) is 2. The average molecular weight is 293 g/mol. The van der Waals surface area contributed by atoms with E-state index in [0.29, 0.717) is 13.0 Å². The van der Waals surface area contributed by atoms with Gasteiger partial charge in [0.15, 0.2) is 5.82 Å². The first-order valence-electron chi connectivity index (χ1n) is 5.67. The summed E-state index contributed by atoms with van der Waals surface area (Å²) in [5, 5.41) is 2.38. The summed E-state index contributed by atoms with van der Waals surface area (Å²) in [5.74, 6) is -0.744. The van der Waals surface area contributed by atoms with Crippen molar-refractivity contribution in [1.82, 2.24) is 5.32 Å². The van der Waals surface area contributed by atoms with Gasteiger partial charge in [-0.15, -0.1) is 0 Å². The number of anilines is 1. The molecule has 18 heavy (non-hydrogen) atoms. The third-order valence-electron chi connectivity index (χ3n) is 2.89. The van der Waals surface area contributed by atoms with Crippen molar-refractivity contribution < 1.29 is 12.8 Å². The SMILES string of the molecule is O=S(=O)(Nc1cccc(Cl)c1F)C1CCCNC1. The lowest BCUT2D eigenvalue weighted by atomic mass is 10.2. The highest BCUT2D eigenvalue weighted by molar-refractivity contribution is 7.93. The van der Waals surface area contributed by atoms with E-state index in [0.717, 1.165) is 13.0 Å². The molecule has 0 bridgehead atoms. The van der Waals surface area contributed by atoms with Crippen molar-refractivity contribution in [1.29, 1.82) is 0 Å². The number of piperidine rings is 1. The Bertz CT molecular complexity index is 530. The minimum absolute atomic E-state index is 0.100. The molecule has 0 spiro atoms. The Morgan fingerprint density at radius 2 is 2.22 bits per heavy atom. The van der Waals surface area contributed by atoms with Gasteiger partial charge < -0.3 is 5.32 Å². The normalized spacial score (nSPS) is 20.7. The summed E-state index contributed by atoms with van der Waals surface area (Å²) in [6.45, 7) is 1.20. The first-order chi connectivity index (χ1) is 8.50. The zero-order chi connectivity index (χ0) is 13.2. The second kappa shape index (κ2) is 5.42. The van der Waals surface area contributed by atoms with Crippen LogP contribution in [-0.4, -0.2) is 26.8 Å². The van der Waals surface area contributed by atoms with E-state index in [-0.39, 0.29) is 10.7 Å². The fraction of sp³-hybridized carbons (Fsp3) is 0.455. The van der Waals surface area contributed by atoms with Crippen molar-refractivity contribution in [2.75, 3.05) is 17.8 Å². The van der Waals surface area contributed by atoms with Gasteiger partial charge in [0.1, 0.15) is 0 Å². The van der Waals surface area contributed by atoms with Crippen LogP contribution in [0.2, 0.25) is 5.02 Å². The van der Waals surface area contributed by atoms with E-state index in [2.05, 4.69) is 10.0 Å². The van der Waals surface area contributed by atoms with Gasteiger partial charge in [0.25, 0.3) is 0 Å². The molecule has 1 heterocycles. The number of benzene rings is 1. The Morgan fingerprint density at radius 1 is 1.44 bits per heavy atom. The fourth-order valence-electron chi connectivity index (χ4n) is 1.90. The summed E-state index contributed by atoms with van der Waals surface area (Å²) >= 11 is 5.61. The average Bonchev–Trinajstić information content (AvgIpc) is 2.36. The lowest BCUT2D eigenvalue weighted by molar-refractivity contribution is 0.499. The van der Waals surface area contributed by atoms with E-state index in [1.165, 1.54) is 18.2 Å². The predicted molar refractivity (Wildman–Crippen MR) is 69.8 cm³/mol. The summed E-state index contributed by atoms with van der Waals surface area (Å²) in [7, 11) is -3.59. The number of halogens is 2. The summed E-state index contributed by atoms with van der Waals surface area (Å²) in [5.41, 5.74) is -0.104. The van der Waals surface area contributed by atoms with Crippen molar-refractivity contribution >= 4 is 27.3 Å². The monoisotopic (exact) mass is 292 g/mol. The molecule has 0 amide bonds. The molecule has 100 valence electrons. The molecule has 1 aromatic rings. The number of hydrogen-bond donors (Lipinski definition) is 2. The Balaban J connectivity index is 2.19. The van der Waals surface area contributed by atoms with E-state index < -0.39 is 21.1 Å². The maximum Gasteiger partial charge on any atom is 0.236 e. The van der Waals surface area contributed by atoms with Gasteiger partial charge in [-0.25, -0.2) is 12.8 Å². The van der Waals surface area contributed by atoms with Gasteiger partial charge in [-0.3, -0.25) is 4.72 Å². The van der Waals surface area contributed by atoms with Crippen molar-refractivity contribution in [3.63, 3.8) is 0 Å². The zero-order valence-electron chi connectivity index (χ0n) is 9.62. The minimum atomic E-state index is -3.59. The predicted octanol–water partition coefficient (Wildman–Crippen LogP) is 1.97. The molecule has 0 radical (unpaired) electrons. The molecule has 7 heteroatoms.